The largest absolute Gasteiger partial charge is 0.384 e. The maximum Gasteiger partial charge on any atom is 0.175 e. The second-order valence-electron chi connectivity index (χ2n) is 6.18. The zero-order valence-electron chi connectivity index (χ0n) is 12.8. The van der Waals surface area contributed by atoms with E-state index in [0.717, 1.165) is 4.90 Å². The van der Waals surface area contributed by atoms with E-state index in [4.69, 9.17) is 28.9 Å². The first-order valence-electron chi connectivity index (χ1n) is 7.82. The zero-order valence-corrected chi connectivity index (χ0v) is 15.1. The van der Waals surface area contributed by atoms with Gasteiger partial charge in [-0.1, -0.05) is 29.6 Å². The van der Waals surface area contributed by atoms with Gasteiger partial charge in [-0.25, -0.2) is 4.99 Å². The standard InChI is InChI=1S/C18H16Cl2N2OS/c19-10-4-6-15-13(8-10)18(23,17(21)22-15)14-9-11(20)5-7-16(14)24-12-2-1-3-12/h4-9,12,23H,1-3H2,(H2,21,22). The number of thioether (sulfide) groups is 1. The summed E-state index contributed by atoms with van der Waals surface area (Å²) in [5.41, 5.74) is 6.56. The van der Waals surface area contributed by atoms with E-state index in [9.17, 15) is 5.11 Å². The summed E-state index contributed by atoms with van der Waals surface area (Å²) in [7, 11) is 0. The molecule has 2 aromatic rings. The van der Waals surface area contributed by atoms with Crippen LogP contribution < -0.4 is 5.73 Å². The molecule has 124 valence electrons. The van der Waals surface area contributed by atoms with Crippen molar-refractivity contribution in [2.75, 3.05) is 0 Å². The number of amidine groups is 1. The van der Waals surface area contributed by atoms with Crippen molar-refractivity contribution in [1.82, 2.24) is 0 Å². The third kappa shape index (κ3) is 2.53. The van der Waals surface area contributed by atoms with E-state index in [0.29, 0.717) is 32.1 Å². The molecule has 0 saturated heterocycles. The van der Waals surface area contributed by atoms with Crippen LogP contribution in [0.3, 0.4) is 0 Å². The van der Waals surface area contributed by atoms with Gasteiger partial charge in [-0.3, -0.25) is 0 Å². The highest BCUT2D eigenvalue weighted by atomic mass is 35.5. The Balaban J connectivity index is 1.87. The number of nitrogens with zero attached hydrogens (tertiary/aromatic N) is 1. The fourth-order valence-corrected chi connectivity index (χ4v) is 4.84. The topological polar surface area (TPSA) is 58.6 Å². The molecule has 4 rings (SSSR count). The summed E-state index contributed by atoms with van der Waals surface area (Å²) in [6.07, 6.45) is 3.64. The van der Waals surface area contributed by atoms with Crippen LogP contribution in [-0.4, -0.2) is 16.2 Å². The minimum Gasteiger partial charge on any atom is -0.384 e. The molecular weight excluding hydrogens is 363 g/mol. The number of hydrogen-bond acceptors (Lipinski definition) is 4. The Morgan fingerprint density at radius 2 is 1.75 bits per heavy atom. The molecule has 1 atom stereocenters. The van der Waals surface area contributed by atoms with E-state index in [-0.39, 0.29) is 5.84 Å². The average Bonchev–Trinajstić information content (AvgIpc) is 2.76. The minimum absolute atomic E-state index is 0.150. The molecule has 3 N–H and O–H groups in total. The molecule has 0 radical (unpaired) electrons. The predicted molar refractivity (Wildman–Crippen MR) is 101 cm³/mol. The Morgan fingerprint density at radius 3 is 2.42 bits per heavy atom. The molecule has 1 fully saturated rings. The lowest BCUT2D eigenvalue weighted by atomic mass is 9.86. The van der Waals surface area contributed by atoms with Crippen LogP contribution in [0.25, 0.3) is 0 Å². The summed E-state index contributed by atoms with van der Waals surface area (Å²) in [6, 6.07) is 10.8. The first-order chi connectivity index (χ1) is 11.5. The van der Waals surface area contributed by atoms with Crippen molar-refractivity contribution in [3.05, 3.63) is 57.6 Å². The zero-order chi connectivity index (χ0) is 16.9. The summed E-state index contributed by atoms with van der Waals surface area (Å²) in [4.78, 5) is 5.32. The number of aliphatic hydroxyl groups is 1. The van der Waals surface area contributed by atoms with Crippen molar-refractivity contribution in [1.29, 1.82) is 0 Å². The monoisotopic (exact) mass is 378 g/mol. The highest BCUT2D eigenvalue weighted by molar-refractivity contribution is 8.00. The van der Waals surface area contributed by atoms with E-state index in [1.54, 1.807) is 36.0 Å². The molecule has 24 heavy (non-hydrogen) atoms. The van der Waals surface area contributed by atoms with Gasteiger partial charge in [-0.15, -0.1) is 11.8 Å². The number of rotatable bonds is 3. The first kappa shape index (κ1) is 16.3. The molecule has 2 aromatic carbocycles. The Labute approximate surface area is 154 Å². The lowest BCUT2D eigenvalue weighted by molar-refractivity contribution is 0.155. The molecule has 1 unspecified atom stereocenters. The van der Waals surface area contributed by atoms with Gasteiger partial charge in [0.15, 0.2) is 5.60 Å². The smallest absolute Gasteiger partial charge is 0.175 e. The van der Waals surface area contributed by atoms with Crippen LogP contribution in [-0.2, 0) is 5.60 Å². The number of benzene rings is 2. The summed E-state index contributed by atoms with van der Waals surface area (Å²) >= 11 is 14.1. The van der Waals surface area contributed by atoms with Crippen LogP contribution in [0.2, 0.25) is 10.0 Å². The van der Waals surface area contributed by atoms with Crippen molar-refractivity contribution in [2.45, 2.75) is 35.0 Å². The van der Waals surface area contributed by atoms with Crippen molar-refractivity contribution in [2.24, 2.45) is 10.7 Å². The van der Waals surface area contributed by atoms with E-state index >= 15 is 0 Å². The number of fused-ring (bicyclic) bond motifs is 1. The van der Waals surface area contributed by atoms with Crippen molar-refractivity contribution in [3.8, 4) is 0 Å². The number of halogens is 2. The normalized spacial score (nSPS) is 22.9. The molecular formula is C18H16Cl2N2OS. The van der Waals surface area contributed by atoms with Crippen molar-refractivity contribution in [3.63, 3.8) is 0 Å². The number of nitrogens with two attached hydrogens (primary N) is 1. The summed E-state index contributed by atoms with van der Waals surface area (Å²) in [6.45, 7) is 0. The molecule has 2 aliphatic rings. The van der Waals surface area contributed by atoms with Gasteiger partial charge in [0.05, 0.1) is 5.69 Å². The summed E-state index contributed by atoms with van der Waals surface area (Å²) < 4.78 is 0. The maximum atomic E-state index is 11.5. The lowest BCUT2D eigenvalue weighted by Gasteiger charge is -2.30. The number of hydrogen-bond donors (Lipinski definition) is 2. The first-order valence-corrected chi connectivity index (χ1v) is 9.46. The molecule has 1 heterocycles. The van der Waals surface area contributed by atoms with E-state index in [1.165, 1.54) is 19.3 Å². The van der Waals surface area contributed by atoms with E-state index in [1.807, 2.05) is 12.1 Å². The van der Waals surface area contributed by atoms with Crippen molar-refractivity contribution < 1.29 is 5.11 Å². The van der Waals surface area contributed by atoms with Crippen LogP contribution in [0.15, 0.2) is 46.3 Å². The van der Waals surface area contributed by atoms with Gasteiger partial charge in [0.2, 0.25) is 0 Å². The van der Waals surface area contributed by atoms with Gasteiger partial charge in [-0.05, 0) is 49.2 Å². The summed E-state index contributed by atoms with van der Waals surface area (Å²) in [5, 5.41) is 13.2. The second kappa shape index (κ2) is 5.95. The van der Waals surface area contributed by atoms with Gasteiger partial charge in [0.1, 0.15) is 5.84 Å². The molecule has 0 amide bonds. The maximum absolute atomic E-state index is 11.5. The van der Waals surface area contributed by atoms with Crippen LogP contribution in [0.4, 0.5) is 5.69 Å². The van der Waals surface area contributed by atoms with Crippen molar-refractivity contribution >= 4 is 46.5 Å². The van der Waals surface area contributed by atoms with Crippen LogP contribution in [0.5, 0.6) is 0 Å². The average molecular weight is 379 g/mol. The number of aliphatic imine (C=N–C) groups is 1. The van der Waals surface area contributed by atoms with Gasteiger partial charge in [0, 0.05) is 31.3 Å². The molecule has 1 aliphatic carbocycles. The van der Waals surface area contributed by atoms with Gasteiger partial charge in [0.25, 0.3) is 0 Å². The molecule has 0 bridgehead atoms. The Hall–Kier alpha value is -1.20. The van der Waals surface area contributed by atoms with Crippen LogP contribution in [0, 0.1) is 0 Å². The molecule has 1 saturated carbocycles. The van der Waals surface area contributed by atoms with Gasteiger partial charge >= 0.3 is 0 Å². The molecule has 0 aromatic heterocycles. The van der Waals surface area contributed by atoms with Crippen LogP contribution in [0.1, 0.15) is 30.4 Å². The van der Waals surface area contributed by atoms with Gasteiger partial charge < -0.3 is 10.8 Å². The fraction of sp³-hybridized carbons (Fsp3) is 0.278. The summed E-state index contributed by atoms with van der Waals surface area (Å²) in [5.74, 6) is 0.150. The van der Waals surface area contributed by atoms with E-state index in [2.05, 4.69) is 4.99 Å². The Morgan fingerprint density at radius 1 is 1.08 bits per heavy atom. The molecule has 1 aliphatic heterocycles. The molecule has 3 nitrogen and oxygen atoms in total. The van der Waals surface area contributed by atoms with Crippen LogP contribution >= 0.6 is 35.0 Å². The SMILES string of the molecule is NC1=Nc2ccc(Cl)cc2C1(O)c1cc(Cl)ccc1SC1CCC1. The predicted octanol–water partition coefficient (Wildman–Crippen LogP) is 4.88. The quantitative estimate of drug-likeness (QED) is 0.800. The molecule has 0 spiro atoms. The highest BCUT2D eigenvalue weighted by Crippen LogP contribution is 2.48. The third-order valence-corrected chi connectivity index (χ3v) is 6.52. The fourth-order valence-electron chi connectivity index (χ4n) is 3.08. The third-order valence-electron chi connectivity index (χ3n) is 4.64. The second-order valence-corrected chi connectivity index (χ2v) is 8.40. The minimum atomic E-state index is -1.50. The highest BCUT2D eigenvalue weighted by Gasteiger charge is 2.44. The Kier molecular flexibility index (Phi) is 4.04. The Bertz CT molecular complexity index is 851. The van der Waals surface area contributed by atoms with E-state index < -0.39 is 5.60 Å². The van der Waals surface area contributed by atoms with Gasteiger partial charge in [-0.2, -0.15) is 0 Å². The molecule has 6 heteroatoms. The lowest BCUT2D eigenvalue weighted by Crippen LogP contribution is -2.40.